The van der Waals surface area contributed by atoms with Gasteiger partial charge in [0, 0.05) is 37.9 Å². The molecule has 0 atom stereocenters. The maximum atomic E-state index is 6.33. The Bertz CT molecular complexity index is 5550. The Morgan fingerprint density at radius 2 is 0.393 bits per heavy atom. The first-order chi connectivity index (χ1) is 53.8. The summed E-state index contributed by atoms with van der Waals surface area (Å²) in [4.78, 5) is 29.6. The summed E-state index contributed by atoms with van der Waals surface area (Å²) in [6, 6.07) is 109. The lowest BCUT2D eigenvalue weighted by molar-refractivity contribution is 0.00578. The highest BCUT2D eigenvalue weighted by molar-refractivity contribution is 9.10. The van der Waals surface area contributed by atoms with Gasteiger partial charge in [-0.25, -0.2) is 29.9 Å². The van der Waals surface area contributed by atoms with Crippen LogP contribution in [0.4, 0.5) is 0 Å². The first-order valence-corrected chi connectivity index (χ1v) is 38.9. The second-order valence-electron chi connectivity index (χ2n) is 31.5. The van der Waals surface area contributed by atoms with Crippen molar-refractivity contribution in [1.82, 2.24) is 29.9 Å². The number of hydrogen-bond donors (Lipinski definition) is 0. The van der Waals surface area contributed by atoms with Crippen molar-refractivity contribution in [1.29, 1.82) is 0 Å². The SMILES string of the molecule is Brc1cccc(-c2cccc(-c3ccc(-c4nc(-c5ccccc5)nc(-c5ccc(-c6ccccc6)cc5)n4)cc3)c2)c1.CC1(C)OB(B2OC(C)(C)C(C)(C)O2)OC1(C)C.CC1(C)OB(c2cccc(-c3cccc(-c4ccc(-c5nc(-c6ccccc6)nc(-c6ccc(-c7ccccc7)cc6)n5)cc4)c3)c2)OC1(C)C. The van der Waals surface area contributed by atoms with Gasteiger partial charge >= 0.3 is 21.1 Å². The van der Waals surface area contributed by atoms with Gasteiger partial charge in [0.2, 0.25) is 0 Å². The molecule has 3 aliphatic rings. The number of halogens is 1. The van der Waals surface area contributed by atoms with Gasteiger partial charge in [-0.3, -0.25) is 0 Å². The summed E-state index contributed by atoms with van der Waals surface area (Å²) in [7, 11) is -1.36. The third-order valence-corrected chi connectivity index (χ3v) is 22.7. The lowest BCUT2D eigenvalue weighted by Gasteiger charge is -2.32. The van der Waals surface area contributed by atoms with Crippen LogP contribution in [0.5, 0.6) is 0 Å². The van der Waals surface area contributed by atoms with Gasteiger partial charge in [0.25, 0.3) is 0 Å². The molecule has 0 radical (unpaired) electrons. The van der Waals surface area contributed by atoms with E-state index in [0.717, 1.165) is 87.8 Å². The van der Waals surface area contributed by atoms with Crippen LogP contribution in [0.2, 0.25) is 0 Å². The van der Waals surface area contributed by atoms with E-state index in [0.29, 0.717) is 34.9 Å². The van der Waals surface area contributed by atoms with Crippen molar-refractivity contribution in [3.8, 4) is 135 Å². The van der Waals surface area contributed by atoms with E-state index in [1.54, 1.807) is 0 Å². The van der Waals surface area contributed by atoms with Crippen LogP contribution in [-0.4, -0.2) is 84.6 Å². The first kappa shape index (κ1) is 76.5. The van der Waals surface area contributed by atoms with Crippen LogP contribution in [0.1, 0.15) is 83.1 Å². The monoisotopic (exact) mass is 1530 g/mol. The zero-order chi connectivity index (χ0) is 78.0. The minimum Gasteiger partial charge on any atom is -0.405 e. The lowest BCUT2D eigenvalue weighted by Crippen LogP contribution is -2.41. The summed E-state index contributed by atoms with van der Waals surface area (Å²) >= 11 is 3.59. The maximum Gasteiger partial charge on any atom is 0.494 e. The van der Waals surface area contributed by atoms with Crippen molar-refractivity contribution in [2.75, 3.05) is 0 Å². The molecule has 0 aliphatic carbocycles. The average molecular weight is 1530 g/mol. The number of nitrogens with zero attached hydrogens (tertiary/aromatic N) is 6. The molecule has 3 fully saturated rings. The highest BCUT2D eigenvalue weighted by atomic mass is 79.9. The highest BCUT2D eigenvalue weighted by Gasteiger charge is 2.64. The van der Waals surface area contributed by atoms with Gasteiger partial charge in [-0.2, -0.15) is 0 Å². The molecule has 0 spiro atoms. The topological polar surface area (TPSA) is 133 Å². The Labute approximate surface area is 667 Å². The maximum absolute atomic E-state index is 6.33. The van der Waals surface area contributed by atoms with Crippen LogP contribution in [0.25, 0.3) is 135 Å². The van der Waals surface area contributed by atoms with Crippen molar-refractivity contribution in [2.45, 2.75) is 117 Å². The molecule has 2 aromatic heterocycles. The minimum atomic E-state index is -0.476. The van der Waals surface area contributed by atoms with Crippen molar-refractivity contribution < 1.29 is 27.9 Å². The van der Waals surface area contributed by atoms with Gasteiger partial charge < -0.3 is 27.9 Å². The molecule has 0 amide bonds. The predicted molar refractivity (Wildman–Crippen MR) is 460 cm³/mol. The van der Waals surface area contributed by atoms with Crippen molar-refractivity contribution in [3.63, 3.8) is 0 Å². The van der Waals surface area contributed by atoms with Crippen molar-refractivity contribution in [2.24, 2.45) is 0 Å². The zero-order valence-corrected chi connectivity index (χ0v) is 66.9. The van der Waals surface area contributed by atoms with Crippen molar-refractivity contribution in [3.05, 3.63) is 320 Å². The molecule has 3 saturated heterocycles. The molecular weight excluding hydrogens is 1450 g/mol. The zero-order valence-electron chi connectivity index (χ0n) is 65.3. The highest BCUT2D eigenvalue weighted by Crippen LogP contribution is 2.44. The van der Waals surface area contributed by atoms with Crippen LogP contribution in [0.15, 0.2) is 320 Å². The molecular formula is C96H88B3BrN6O6. The molecule has 12 nitrogen and oxygen atoms in total. The van der Waals surface area contributed by atoms with E-state index in [-0.39, 0.29) is 33.6 Å². The third-order valence-electron chi connectivity index (χ3n) is 22.2. The second kappa shape index (κ2) is 31.7. The van der Waals surface area contributed by atoms with E-state index in [1.165, 1.54) is 22.3 Å². The van der Waals surface area contributed by atoms with Crippen LogP contribution < -0.4 is 5.46 Å². The van der Waals surface area contributed by atoms with Crippen LogP contribution in [0.3, 0.4) is 0 Å². The Morgan fingerprint density at radius 3 is 0.688 bits per heavy atom. The fourth-order valence-electron chi connectivity index (χ4n) is 13.5. The molecule has 12 aromatic carbocycles. The first-order valence-electron chi connectivity index (χ1n) is 38.1. The number of aromatic nitrogens is 6. The summed E-state index contributed by atoms with van der Waals surface area (Å²) in [6.45, 7) is 24.5. The molecule has 0 saturated carbocycles. The molecule has 5 heterocycles. The fraction of sp³-hybridized carbons (Fsp3) is 0.188. The van der Waals surface area contributed by atoms with Gasteiger partial charge in [-0.05, 0) is 180 Å². The molecule has 112 heavy (non-hydrogen) atoms. The molecule has 16 heteroatoms. The molecule has 0 N–H and O–H groups in total. The van der Waals surface area contributed by atoms with Crippen molar-refractivity contribution >= 4 is 42.5 Å². The Kier molecular flexibility index (Phi) is 21.6. The van der Waals surface area contributed by atoms with Gasteiger partial charge in [0.05, 0.1) is 33.6 Å². The number of benzene rings is 12. The molecule has 0 bridgehead atoms. The normalized spacial score (nSPS) is 16.1. The molecule has 3 aliphatic heterocycles. The molecule has 554 valence electrons. The summed E-state index contributed by atoms with van der Waals surface area (Å²) in [5.74, 6) is 3.85. The average Bonchev–Trinajstić information content (AvgIpc) is 1.61. The summed E-state index contributed by atoms with van der Waals surface area (Å²) in [5.41, 5.74) is 18.2. The standard InChI is InChI=1S/C45H38BN3O2.C39H26BrN3.C12H24B2O4/c1-44(2)45(3,4)51-46(50-44)40-20-12-19-39(30-40)38-18-11-17-37(29-38)33-23-27-36(28-24-33)43-48-41(34-15-9-6-10-16-34)47-42(49-43)35-25-21-32(22-26-35)31-13-7-5-8-14-31;40-36-16-8-15-35(26-36)34-14-7-13-33(25-34)29-19-23-32(24-20-29)39-42-37(30-11-5-2-6-12-30)41-38(43-39)31-21-17-28(18-22-31)27-9-3-1-4-10-27;1-9(2)10(3,4)16-13(15-9)14-17-11(5,6)12(7,8)18-14/h5-30H,1-4H3;1-26H;1-8H3. The summed E-state index contributed by atoms with van der Waals surface area (Å²) in [5, 5.41) is 0. The van der Waals surface area contributed by atoms with Crippen LogP contribution in [0, 0.1) is 0 Å². The Morgan fingerprint density at radius 1 is 0.196 bits per heavy atom. The van der Waals surface area contributed by atoms with E-state index < -0.39 is 21.1 Å². The van der Waals surface area contributed by atoms with Gasteiger partial charge in [0.1, 0.15) is 0 Å². The molecule has 17 rings (SSSR count). The van der Waals surface area contributed by atoms with E-state index in [4.69, 9.17) is 57.8 Å². The van der Waals surface area contributed by atoms with E-state index in [1.807, 2.05) is 134 Å². The largest absolute Gasteiger partial charge is 0.494 e. The number of rotatable bonds is 14. The molecule has 0 unspecified atom stereocenters. The summed E-state index contributed by atoms with van der Waals surface area (Å²) in [6.07, 6.45) is 0. The third kappa shape index (κ3) is 16.8. The van der Waals surface area contributed by atoms with Crippen LogP contribution >= 0.6 is 15.9 Å². The Balaban J connectivity index is 0.000000147. The van der Waals surface area contributed by atoms with Crippen LogP contribution in [-0.2, 0) is 27.9 Å². The Hall–Kier alpha value is -10.9. The second-order valence-corrected chi connectivity index (χ2v) is 32.4. The smallest absolute Gasteiger partial charge is 0.405 e. The van der Waals surface area contributed by atoms with E-state index in [9.17, 15) is 0 Å². The van der Waals surface area contributed by atoms with E-state index in [2.05, 4.69) is 280 Å². The number of hydrogen-bond acceptors (Lipinski definition) is 12. The lowest BCUT2D eigenvalue weighted by atomic mass is 9.49. The van der Waals surface area contributed by atoms with Gasteiger partial charge in [0.15, 0.2) is 34.9 Å². The van der Waals surface area contributed by atoms with Gasteiger partial charge in [-0.1, -0.05) is 307 Å². The summed E-state index contributed by atoms with van der Waals surface area (Å²) < 4.78 is 37.6. The minimum absolute atomic E-state index is 0.360. The van der Waals surface area contributed by atoms with Gasteiger partial charge in [-0.15, -0.1) is 0 Å². The fourth-order valence-corrected chi connectivity index (χ4v) is 13.9. The molecule has 14 aromatic rings. The van der Waals surface area contributed by atoms with E-state index >= 15 is 0 Å². The predicted octanol–water partition coefficient (Wildman–Crippen LogP) is 23.1. The quantitative estimate of drug-likeness (QED) is 0.0960.